The van der Waals surface area contributed by atoms with Crippen LogP contribution in [0.5, 0.6) is 0 Å². The van der Waals surface area contributed by atoms with Crippen LogP contribution in [-0.4, -0.2) is 80.9 Å². The van der Waals surface area contributed by atoms with Crippen molar-refractivity contribution in [2.45, 2.75) is 36.3 Å². The van der Waals surface area contributed by atoms with Crippen LogP contribution in [0.4, 0.5) is 11.8 Å². The highest BCUT2D eigenvalue weighted by atomic mass is 32.2. The number of hydrogen-bond acceptors (Lipinski definition) is 9. The standard InChI is InChI=1S/C20H26N6O4S/c1-24-11-16(21-12-24)19(27)30-14-9-26(10-14)20-22-15-5-8-31(28)17(15)18(23-20)25(2)13-3-6-29-7-4-13/h11-14H,3-10H2,1-2H3. The van der Waals surface area contributed by atoms with Crippen LogP contribution in [0.3, 0.4) is 0 Å². The minimum absolute atomic E-state index is 0.225. The molecule has 0 aliphatic carbocycles. The molecule has 0 saturated carbocycles. The number of esters is 1. The topological polar surface area (TPSA) is 103 Å². The third-order valence-corrected chi connectivity index (χ3v) is 7.50. The van der Waals surface area contributed by atoms with Crippen LogP contribution in [0.1, 0.15) is 29.0 Å². The molecular weight excluding hydrogens is 420 g/mol. The van der Waals surface area contributed by atoms with E-state index in [0.717, 1.165) is 42.5 Å². The molecule has 0 aromatic carbocycles. The Morgan fingerprint density at radius 1 is 1.29 bits per heavy atom. The van der Waals surface area contributed by atoms with Crippen molar-refractivity contribution in [2.24, 2.45) is 7.05 Å². The molecule has 5 heterocycles. The SMILES string of the molecule is CN(c1nc(N2CC(OC(=O)c3cn(C)cn3)C2)nc2c1S(=O)CC2)C1CCOCC1. The average molecular weight is 447 g/mol. The van der Waals surface area contributed by atoms with E-state index in [1.807, 2.05) is 19.0 Å². The van der Waals surface area contributed by atoms with Gasteiger partial charge in [0.05, 0.1) is 35.9 Å². The van der Waals surface area contributed by atoms with E-state index in [1.165, 1.54) is 0 Å². The molecule has 2 aromatic heterocycles. The van der Waals surface area contributed by atoms with Gasteiger partial charge in [-0.3, -0.25) is 4.21 Å². The van der Waals surface area contributed by atoms with Gasteiger partial charge in [0, 0.05) is 51.7 Å². The lowest BCUT2D eigenvalue weighted by Gasteiger charge is -2.39. The number of imidazole rings is 1. The molecule has 166 valence electrons. The van der Waals surface area contributed by atoms with Gasteiger partial charge in [-0.15, -0.1) is 0 Å². The Morgan fingerprint density at radius 2 is 2.06 bits per heavy atom. The van der Waals surface area contributed by atoms with Crippen LogP contribution in [0.25, 0.3) is 0 Å². The first-order valence-electron chi connectivity index (χ1n) is 10.5. The second kappa shape index (κ2) is 8.19. The number of ether oxygens (including phenoxy) is 2. The molecule has 3 aliphatic heterocycles. The molecule has 1 atom stereocenters. The fraction of sp³-hybridized carbons (Fsp3) is 0.600. The van der Waals surface area contributed by atoms with Gasteiger partial charge in [-0.25, -0.2) is 14.8 Å². The van der Waals surface area contributed by atoms with Crippen LogP contribution >= 0.6 is 0 Å². The fourth-order valence-electron chi connectivity index (χ4n) is 4.20. The number of nitrogens with zero attached hydrogens (tertiary/aromatic N) is 6. The van der Waals surface area contributed by atoms with Gasteiger partial charge in [0.2, 0.25) is 5.95 Å². The summed E-state index contributed by atoms with van der Waals surface area (Å²) in [4.78, 5) is 30.7. The summed E-state index contributed by atoms with van der Waals surface area (Å²) in [5.41, 5.74) is 1.17. The highest BCUT2D eigenvalue weighted by molar-refractivity contribution is 7.85. The Morgan fingerprint density at radius 3 is 2.77 bits per heavy atom. The Hall–Kier alpha value is -2.53. The van der Waals surface area contributed by atoms with Crippen LogP contribution in [0.2, 0.25) is 0 Å². The summed E-state index contributed by atoms with van der Waals surface area (Å²) in [5.74, 6) is 1.54. The quantitative estimate of drug-likeness (QED) is 0.609. The van der Waals surface area contributed by atoms with Crippen molar-refractivity contribution in [3.63, 3.8) is 0 Å². The first kappa shape index (κ1) is 20.4. The van der Waals surface area contributed by atoms with E-state index in [2.05, 4.69) is 9.88 Å². The Kier molecular flexibility index (Phi) is 5.39. The summed E-state index contributed by atoms with van der Waals surface area (Å²) in [6, 6.07) is 0.307. The van der Waals surface area contributed by atoms with Gasteiger partial charge in [-0.1, -0.05) is 0 Å². The number of aromatic nitrogens is 4. The highest BCUT2D eigenvalue weighted by Crippen LogP contribution is 2.34. The molecule has 10 nitrogen and oxygen atoms in total. The highest BCUT2D eigenvalue weighted by Gasteiger charge is 2.36. The first-order chi connectivity index (χ1) is 15.0. The van der Waals surface area contributed by atoms with Crippen molar-refractivity contribution in [3.05, 3.63) is 23.9 Å². The van der Waals surface area contributed by atoms with Crippen molar-refractivity contribution in [2.75, 3.05) is 48.9 Å². The molecule has 31 heavy (non-hydrogen) atoms. The van der Waals surface area contributed by atoms with Crippen molar-refractivity contribution in [1.82, 2.24) is 19.5 Å². The van der Waals surface area contributed by atoms with E-state index in [4.69, 9.17) is 19.4 Å². The molecule has 11 heteroatoms. The normalized spacial score (nSPS) is 21.6. The molecule has 1 unspecified atom stereocenters. The summed E-state index contributed by atoms with van der Waals surface area (Å²) >= 11 is 0. The molecule has 5 rings (SSSR count). The van der Waals surface area contributed by atoms with Gasteiger partial charge in [-0.2, -0.15) is 4.98 Å². The molecule has 2 aromatic rings. The first-order valence-corrected chi connectivity index (χ1v) is 11.8. The number of aryl methyl sites for hydroxylation is 2. The van der Waals surface area contributed by atoms with E-state index in [9.17, 15) is 9.00 Å². The van der Waals surface area contributed by atoms with E-state index in [1.54, 1.807) is 17.1 Å². The van der Waals surface area contributed by atoms with Crippen molar-refractivity contribution < 1.29 is 18.5 Å². The predicted octanol–water partition coefficient (Wildman–Crippen LogP) is 0.535. The second-order valence-electron chi connectivity index (χ2n) is 8.23. The third kappa shape index (κ3) is 3.91. The number of carbonyl (C=O) groups is 1. The maximum absolute atomic E-state index is 12.6. The van der Waals surface area contributed by atoms with Crippen molar-refractivity contribution in [1.29, 1.82) is 0 Å². The van der Waals surface area contributed by atoms with Crippen LogP contribution in [0, 0.1) is 0 Å². The Bertz CT molecular complexity index is 1020. The maximum atomic E-state index is 12.6. The molecular formula is C20H26N6O4S. The predicted molar refractivity (Wildman–Crippen MR) is 114 cm³/mol. The molecule has 0 N–H and O–H groups in total. The second-order valence-corrected chi connectivity index (χ2v) is 9.74. The summed E-state index contributed by atoms with van der Waals surface area (Å²) in [6.07, 6.45) is 5.53. The smallest absolute Gasteiger partial charge is 0.358 e. The molecule has 0 amide bonds. The molecule has 0 radical (unpaired) electrons. The minimum atomic E-state index is -1.07. The Balaban J connectivity index is 1.31. The molecule has 3 aliphatic rings. The van der Waals surface area contributed by atoms with Gasteiger partial charge in [-0.05, 0) is 12.8 Å². The summed E-state index contributed by atoms with van der Waals surface area (Å²) in [7, 11) is 2.76. The van der Waals surface area contributed by atoms with Crippen molar-refractivity contribution >= 4 is 28.5 Å². The lowest BCUT2D eigenvalue weighted by atomic mass is 10.1. The molecule has 0 bridgehead atoms. The summed E-state index contributed by atoms with van der Waals surface area (Å²) < 4.78 is 25.4. The molecule has 2 saturated heterocycles. The Labute approximate surface area is 183 Å². The maximum Gasteiger partial charge on any atom is 0.358 e. The van der Waals surface area contributed by atoms with E-state index in [0.29, 0.717) is 42.9 Å². The summed E-state index contributed by atoms with van der Waals surface area (Å²) in [5, 5.41) is 0. The lowest BCUT2D eigenvalue weighted by Crippen LogP contribution is -2.54. The van der Waals surface area contributed by atoms with Crippen LogP contribution in [0.15, 0.2) is 17.4 Å². The number of anilines is 2. The number of rotatable bonds is 5. The lowest BCUT2D eigenvalue weighted by molar-refractivity contribution is 0.0225. The number of fused-ring (bicyclic) bond motifs is 1. The monoisotopic (exact) mass is 446 g/mol. The molecule has 0 spiro atoms. The van der Waals surface area contributed by atoms with Crippen molar-refractivity contribution in [3.8, 4) is 0 Å². The average Bonchev–Trinajstić information content (AvgIpc) is 3.35. The zero-order chi connectivity index (χ0) is 21.5. The zero-order valence-electron chi connectivity index (χ0n) is 17.7. The third-order valence-electron chi connectivity index (χ3n) is 6.05. The van der Waals surface area contributed by atoms with Gasteiger partial charge < -0.3 is 23.8 Å². The van der Waals surface area contributed by atoms with Gasteiger partial charge in [0.1, 0.15) is 11.0 Å². The van der Waals surface area contributed by atoms with Crippen LogP contribution in [-0.2, 0) is 33.7 Å². The number of hydrogen-bond donors (Lipinski definition) is 0. The minimum Gasteiger partial charge on any atom is -0.454 e. The largest absolute Gasteiger partial charge is 0.454 e. The fourth-order valence-corrected chi connectivity index (χ4v) is 5.58. The van der Waals surface area contributed by atoms with E-state index < -0.39 is 16.8 Å². The van der Waals surface area contributed by atoms with Gasteiger partial charge in [0.15, 0.2) is 11.5 Å². The van der Waals surface area contributed by atoms with Gasteiger partial charge >= 0.3 is 5.97 Å². The summed E-state index contributed by atoms with van der Waals surface area (Å²) in [6.45, 7) is 2.52. The van der Waals surface area contributed by atoms with Crippen LogP contribution < -0.4 is 9.80 Å². The van der Waals surface area contributed by atoms with E-state index >= 15 is 0 Å². The van der Waals surface area contributed by atoms with E-state index in [-0.39, 0.29) is 6.10 Å². The van der Waals surface area contributed by atoms with Gasteiger partial charge in [0.25, 0.3) is 0 Å². The number of carbonyl (C=O) groups excluding carboxylic acids is 1. The molecule has 2 fully saturated rings. The zero-order valence-corrected chi connectivity index (χ0v) is 18.5.